The second kappa shape index (κ2) is 11.2. The lowest BCUT2D eigenvalue weighted by molar-refractivity contribution is -0.152. The summed E-state index contributed by atoms with van der Waals surface area (Å²) in [5.41, 5.74) is 2.67. The second-order valence-electron chi connectivity index (χ2n) is 7.02. The summed E-state index contributed by atoms with van der Waals surface area (Å²) in [4.78, 5) is 40.1. The van der Waals surface area contributed by atoms with Crippen LogP contribution in [0.2, 0.25) is 0 Å². The smallest absolute Gasteiger partial charge is 0.328 e. The van der Waals surface area contributed by atoms with Gasteiger partial charge in [0, 0.05) is 31.7 Å². The van der Waals surface area contributed by atoms with Gasteiger partial charge in [0.05, 0.1) is 0 Å². The van der Waals surface area contributed by atoms with E-state index >= 15 is 0 Å². The van der Waals surface area contributed by atoms with Crippen molar-refractivity contribution in [1.82, 2.24) is 10.4 Å². The molecule has 1 atom stereocenters. The minimum absolute atomic E-state index is 0.0733. The molecule has 2 rings (SSSR count). The minimum Gasteiger partial charge on any atom is -0.459 e. The lowest BCUT2D eigenvalue weighted by Crippen LogP contribution is -2.55. The first-order valence-electron chi connectivity index (χ1n) is 9.89. The number of benzene rings is 1. The molecule has 9 heteroatoms. The zero-order valence-electron chi connectivity index (χ0n) is 17.8. The Bertz CT molecular complexity index is 919. The maximum atomic E-state index is 12.7. The first-order chi connectivity index (χ1) is 14.8. The third kappa shape index (κ3) is 6.87. The van der Waals surface area contributed by atoms with Crippen molar-refractivity contribution in [2.45, 2.75) is 52.2 Å². The van der Waals surface area contributed by atoms with Gasteiger partial charge >= 0.3 is 17.9 Å². The SMILES string of the molecule is CCC(=O)Oc1ccc(C[C@](C)(NN)C(=O)OCc2ccncc2)cc1OC(=O)CC. The number of esters is 3. The van der Waals surface area contributed by atoms with Crippen LogP contribution in [0.5, 0.6) is 11.5 Å². The van der Waals surface area contributed by atoms with E-state index in [-0.39, 0.29) is 37.4 Å². The van der Waals surface area contributed by atoms with Crippen molar-refractivity contribution in [2.24, 2.45) is 5.84 Å². The molecule has 0 unspecified atom stereocenters. The van der Waals surface area contributed by atoms with Crippen LogP contribution in [0.15, 0.2) is 42.7 Å². The van der Waals surface area contributed by atoms with Gasteiger partial charge in [-0.2, -0.15) is 0 Å². The van der Waals surface area contributed by atoms with Crippen LogP contribution in [-0.2, 0) is 32.1 Å². The van der Waals surface area contributed by atoms with Gasteiger partial charge in [-0.3, -0.25) is 20.4 Å². The van der Waals surface area contributed by atoms with Crippen molar-refractivity contribution < 1.29 is 28.6 Å². The minimum atomic E-state index is -1.25. The van der Waals surface area contributed by atoms with Crippen LogP contribution in [0.1, 0.15) is 44.7 Å². The molecular weight excluding hydrogens is 402 g/mol. The summed E-state index contributed by atoms with van der Waals surface area (Å²) >= 11 is 0. The van der Waals surface area contributed by atoms with E-state index in [0.717, 1.165) is 5.56 Å². The largest absolute Gasteiger partial charge is 0.459 e. The number of carbonyl (C=O) groups excluding carboxylic acids is 3. The van der Waals surface area contributed by atoms with Crippen LogP contribution in [0.25, 0.3) is 0 Å². The molecule has 2 aromatic rings. The molecule has 0 amide bonds. The van der Waals surface area contributed by atoms with Crippen LogP contribution in [-0.4, -0.2) is 28.4 Å². The molecule has 0 bridgehead atoms. The van der Waals surface area contributed by atoms with Gasteiger partial charge < -0.3 is 14.2 Å². The molecule has 1 aromatic heterocycles. The maximum absolute atomic E-state index is 12.7. The van der Waals surface area contributed by atoms with Gasteiger partial charge in [-0.15, -0.1) is 0 Å². The van der Waals surface area contributed by atoms with E-state index in [9.17, 15) is 14.4 Å². The van der Waals surface area contributed by atoms with Gasteiger partial charge in [-0.1, -0.05) is 19.9 Å². The van der Waals surface area contributed by atoms with Gasteiger partial charge in [0.15, 0.2) is 11.5 Å². The number of hydrogen-bond donors (Lipinski definition) is 2. The maximum Gasteiger partial charge on any atom is 0.328 e. The predicted molar refractivity (Wildman–Crippen MR) is 112 cm³/mol. The van der Waals surface area contributed by atoms with Crippen LogP contribution >= 0.6 is 0 Å². The van der Waals surface area contributed by atoms with Crippen molar-refractivity contribution in [3.63, 3.8) is 0 Å². The molecule has 31 heavy (non-hydrogen) atoms. The van der Waals surface area contributed by atoms with Gasteiger partial charge in [0.2, 0.25) is 0 Å². The molecule has 0 saturated heterocycles. The van der Waals surface area contributed by atoms with Crippen molar-refractivity contribution in [1.29, 1.82) is 0 Å². The van der Waals surface area contributed by atoms with Gasteiger partial charge in [-0.05, 0) is 42.3 Å². The molecule has 0 radical (unpaired) electrons. The Labute approximate surface area is 180 Å². The summed E-state index contributed by atoms with van der Waals surface area (Å²) in [7, 11) is 0. The normalized spacial score (nSPS) is 12.5. The average Bonchev–Trinajstić information content (AvgIpc) is 2.79. The Morgan fingerprint density at radius 3 is 2.16 bits per heavy atom. The lowest BCUT2D eigenvalue weighted by atomic mass is 9.93. The fourth-order valence-electron chi connectivity index (χ4n) is 2.59. The molecule has 0 saturated carbocycles. The number of pyridine rings is 1. The van der Waals surface area contributed by atoms with Crippen molar-refractivity contribution >= 4 is 17.9 Å². The Balaban J connectivity index is 2.20. The van der Waals surface area contributed by atoms with Gasteiger partial charge in [0.1, 0.15) is 12.1 Å². The molecule has 0 spiro atoms. The molecule has 1 aromatic carbocycles. The predicted octanol–water partition coefficient (Wildman–Crippen LogP) is 2.22. The molecule has 166 valence electrons. The molecule has 9 nitrogen and oxygen atoms in total. The number of nitrogens with zero attached hydrogens (tertiary/aromatic N) is 1. The van der Waals surface area contributed by atoms with E-state index in [0.29, 0.717) is 5.56 Å². The molecule has 0 fully saturated rings. The monoisotopic (exact) mass is 429 g/mol. The summed E-state index contributed by atoms with van der Waals surface area (Å²) < 4.78 is 15.9. The summed E-state index contributed by atoms with van der Waals surface area (Å²) in [6.07, 6.45) is 3.67. The van der Waals surface area contributed by atoms with Crippen LogP contribution < -0.4 is 20.7 Å². The highest BCUT2D eigenvalue weighted by Crippen LogP contribution is 2.31. The van der Waals surface area contributed by atoms with Crippen molar-refractivity contribution in [3.05, 3.63) is 53.9 Å². The lowest BCUT2D eigenvalue weighted by Gasteiger charge is -2.27. The average molecular weight is 429 g/mol. The molecular formula is C22H27N3O6. The number of hydrazine groups is 1. The van der Waals surface area contributed by atoms with E-state index in [1.54, 1.807) is 51.4 Å². The summed E-state index contributed by atoms with van der Waals surface area (Å²) in [5.74, 6) is 4.38. The fraction of sp³-hybridized carbons (Fsp3) is 0.364. The fourth-order valence-corrected chi connectivity index (χ4v) is 2.59. The number of hydrogen-bond acceptors (Lipinski definition) is 9. The first kappa shape index (κ1) is 24.0. The summed E-state index contributed by atoms with van der Waals surface area (Å²) in [6.45, 7) is 4.98. The van der Waals surface area contributed by atoms with E-state index in [1.165, 1.54) is 12.1 Å². The van der Waals surface area contributed by atoms with E-state index < -0.39 is 23.4 Å². The van der Waals surface area contributed by atoms with Crippen molar-refractivity contribution in [3.8, 4) is 11.5 Å². The van der Waals surface area contributed by atoms with Crippen LogP contribution in [0.3, 0.4) is 0 Å². The molecule has 0 aliphatic heterocycles. The Kier molecular flexibility index (Phi) is 8.65. The van der Waals surface area contributed by atoms with E-state index in [2.05, 4.69) is 10.4 Å². The highest BCUT2D eigenvalue weighted by Gasteiger charge is 2.34. The highest BCUT2D eigenvalue weighted by molar-refractivity contribution is 5.81. The molecule has 1 heterocycles. The Morgan fingerprint density at radius 1 is 0.968 bits per heavy atom. The Morgan fingerprint density at radius 2 is 1.58 bits per heavy atom. The van der Waals surface area contributed by atoms with Crippen LogP contribution in [0, 0.1) is 0 Å². The zero-order chi connectivity index (χ0) is 22.9. The summed E-state index contributed by atoms with van der Waals surface area (Å²) in [5, 5.41) is 0. The second-order valence-corrected chi connectivity index (χ2v) is 7.02. The highest BCUT2D eigenvalue weighted by atomic mass is 16.6. The molecule has 0 aliphatic rings. The van der Waals surface area contributed by atoms with E-state index in [4.69, 9.17) is 20.1 Å². The third-order valence-corrected chi connectivity index (χ3v) is 4.48. The van der Waals surface area contributed by atoms with Crippen molar-refractivity contribution in [2.75, 3.05) is 0 Å². The van der Waals surface area contributed by atoms with Gasteiger partial charge in [0.25, 0.3) is 0 Å². The number of rotatable bonds is 10. The molecule has 0 aliphatic carbocycles. The number of ether oxygens (including phenoxy) is 3. The number of nitrogens with two attached hydrogens (primary N) is 1. The van der Waals surface area contributed by atoms with E-state index in [1.807, 2.05) is 0 Å². The van der Waals surface area contributed by atoms with Crippen LogP contribution in [0.4, 0.5) is 0 Å². The first-order valence-corrected chi connectivity index (χ1v) is 9.89. The standard InChI is InChI=1S/C22H27N3O6/c1-4-19(26)30-17-7-6-16(12-18(17)31-20(27)5-2)13-22(3,25-23)21(28)29-14-15-8-10-24-11-9-15/h6-12,25H,4-5,13-14,23H2,1-3H3/t22-/m0/s1. The zero-order valence-corrected chi connectivity index (χ0v) is 17.8. The quantitative estimate of drug-likeness (QED) is 0.253. The number of carbonyl (C=O) groups is 3. The number of nitrogens with one attached hydrogen (secondary N) is 1. The Hall–Kier alpha value is -3.30. The third-order valence-electron chi connectivity index (χ3n) is 4.48. The topological polar surface area (TPSA) is 130 Å². The molecule has 3 N–H and O–H groups in total. The number of aromatic nitrogens is 1. The summed E-state index contributed by atoms with van der Waals surface area (Å²) in [6, 6.07) is 8.20. The van der Waals surface area contributed by atoms with Gasteiger partial charge in [-0.25, -0.2) is 10.2 Å².